The quantitative estimate of drug-likeness (QED) is 0.859. The Labute approximate surface area is 112 Å². The van der Waals surface area contributed by atoms with Crippen molar-refractivity contribution >= 4 is 11.7 Å². The van der Waals surface area contributed by atoms with Crippen LogP contribution in [0.1, 0.15) is 23.2 Å². The van der Waals surface area contributed by atoms with Gasteiger partial charge < -0.3 is 15.8 Å². The van der Waals surface area contributed by atoms with Crippen LogP contribution in [0.3, 0.4) is 0 Å². The summed E-state index contributed by atoms with van der Waals surface area (Å²) >= 11 is 0. The predicted molar refractivity (Wildman–Crippen MR) is 74.3 cm³/mol. The Balaban J connectivity index is 2.00. The second-order valence-electron chi connectivity index (χ2n) is 4.27. The number of nitrogens with two attached hydrogens (primary N) is 1. The van der Waals surface area contributed by atoms with E-state index in [1.54, 1.807) is 25.2 Å². The molecule has 0 fully saturated rings. The van der Waals surface area contributed by atoms with E-state index in [2.05, 4.69) is 10.3 Å². The van der Waals surface area contributed by atoms with Gasteiger partial charge in [0, 0.05) is 19.7 Å². The molecule has 1 aliphatic rings. The first-order valence-electron chi connectivity index (χ1n) is 6.12. The number of ether oxygens (including phenoxy) is 1. The van der Waals surface area contributed by atoms with E-state index in [9.17, 15) is 4.79 Å². The molecular weight excluding hydrogens is 242 g/mol. The molecule has 0 radical (unpaired) electrons. The SMILES string of the molecule is CN=C1CCC(COc2ccccc2C(N)=O)=CN1. The summed E-state index contributed by atoms with van der Waals surface area (Å²) in [5.41, 5.74) is 6.83. The molecule has 1 aliphatic heterocycles. The Morgan fingerprint density at radius 2 is 2.21 bits per heavy atom. The number of aliphatic imine (C=N–C) groups is 1. The number of hydrogen-bond donors (Lipinski definition) is 2. The van der Waals surface area contributed by atoms with Gasteiger partial charge in [0.1, 0.15) is 18.2 Å². The van der Waals surface area contributed by atoms with Crippen LogP contribution in [0.15, 0.2) is 41.0 Å². The van der Waals surface area contributed by atoms with Crippen molar-refractivity contribution in [2.24, 2.45) is 10.7 Å². The minimum absolute atomic E-state index is 0.405. The van der Waals surface area contributed by atoms with Gasteiger partial charge in [-0.1, -0.05) is 12.1 Å². The number of hydrogen-bond acceptors (Lipinski definition) is 3. The molecule has 5 nitrogen and oxygen atoms in total. The fourth-order valence-electron chi connectivity index (χ4n) is 1.87. The molecule has 3 N–H and O–H groups in total. The Kier molecular flexibility index (Phi) is 4.18. The molecule has 0 atom stereocenters. The van der Waals surface area contributed by atoms with Crippen LogP contribution in [0.4, 0.5) is 0 Å². The number of amides is 1. The van der Waals surface area contributed by atoms with Crippen LogP contribution in [0.2, 0.25) is 0 Å². The van der Waals surface area contributed by atoms with Crippen LogP contribution in [0.5, 0.6) is 5.75 Å². The van der Waals surface area contributed by atoms with Crippen molar-refractivity contribution < 1.29 is 9.53 Å². The van der Waals surface area contributed by atoms with E-state index in [-0.39, 0.29) is 0 Å². The molecule has 5 heteroatoms. The first kappa shape index (κ1) is 13.1. The Hall–Kier alpha value is -2.30. The monoisotopic (exact) mass is 259 g/mol. The van der Waals surface area contributed by atoms with Crippen LogP contribution < -0.4 is 15.8 Å². The van der Waals surface area contributed by atoms with E-state index >= 15 is 0 Å². The molecule has 0 saturated heterocycles. The molecule has 1 aromatic rings. The average molecular weight is 259 g/mol. The maximum Gasteiger partial charge on any atom is 0.252 e. The molecule has 0 aromatic heterocycles. The van der Waals surface area contributed by atoms with E-state index < -0.39 is 5.91 Å². The summed E-state index contributed by atoms with van der Waals surface area (Å²) in [7, 11) is 1.76. The van der Waals surface area contributed by atoms with Gasteiger partial charge in [0.25, 0.3) is 5.91 Å². The molecule has 0 saturated carbocycles. The molecule has 1 aromatic carbocycles. The van der Waals surface area contributed by atoms with Gasteiger partial charge in [0.15, 0.2) is 0 Å². The van der Waals surface area contributed by atoms with Crippen LogP contribution >= 0.6 is 0 Å². The summed E-state index contributed by atoms with van der Waals surface area (Å²) in [6.07, 6.45) is 3.68. The lowest BCUT2D eigenvalue weighted by Crippen LogP contribution is -2.24. The van der Waals surface area contributed by atoms with Crippen LogP contribution in [0, 0.1) is 0 Å². The van der Waals surface area contributed by atoms with E-state index in [4.69, 9.17) is 10.5 Å². The minimum atomic E-state index is -0.480. The summed E-state index contributed by atoms with van der Waals surface area (Å²) in [6.45, 7) is 0.439. The zero-order chi connectivity index (χ0) is 13.7. The third kappa shape index (κ3) is 3.34. The zero-order valence-electron chi connectivity index (χ0n) is 10.8. The van der Waals surface area contributed by atoms with Crippen molar-refractivity contribution in [3.05, 3.63) is 41.6 Å². The lowest BCUT2D eigenvalue weighted by atomic mass is 10.1. The molecule has 0 bridgehead atoms. The highest BCUT2D eigenvalue weighted by molar-refractivity contribution is 5.95. The van der Waals surface area contributed by atoms with Gasteiger partial charge in [0.05, 0.1) is 5.56 Å². The second-order valence-corrected chi connectivity index (χ2v) is 4.27. The highest BCUT2D eigenvalue weighted by atomic mass is 16.5. The topological polar surface area (TPSA) is 76.7 Å². The Morgan fingerprint density at radius 3 is 2.84 bits per heavy atom. The molecule has 19 heavy (non-hydrogen) atoms. The zero-order valence-corrected chi connectivity index (χ0v) is 10.8. The van der Waals surface area contributed by atoms with Gasteiger partial charge in [-0.2, -0.15) is 0 Å². The fourth-order valence-corrected chi connectivity index (χ4v) is 1.87. The first-order valence-corrected chi connectivity index (χ1v) is 6.12. The predicted octanol–water partition coefficient (Wildman–Crippen LogP) is 1.46. The Bertz CT molecular complexity index is 535. The highest BCUT2D eigenvalue weighted by Crippen LogP contribution is 2.19. The van der Waals surface area contributed by atoms with E-state index in [1.807, 2.05) is 12.3 Å². The van der Waals surface area contributed by atoms with Crippen molar-refractivity contribution in [3.63, 3.8) is 0 Å². The van der Waals surface area contributed by atoms with Crippen LogP contribution in [-0.4, -0.2) is 25.4 Å². The average Bonchev–Trinajstić information content (AvgIpc) is 2.46. The molecule has 0 unspecified atom stereocenters. The maximum absolute atomic E-state index is 11.3. The van der Waals surface area contributed by atoms with Crippen molar-refractivity contribution in [3.8, 4) is 5.75 Å². The number of amidine groups is 1. The summed E-state index contributed by atoms with van der Waals surface area (Å²) in [6, 6.07) is 6.98. The number of carbonyl (C=O) groups excluding carboxylic acids is 1. The summed E-state index contributed by atoms with van der Waals surface area (Å²) in [4.78, 5) is 15.4. The fraction of sp³-hybridized carbons (Fsp3) is 0.286. The molecule has 100 valence electrons. The van der Waals surface area contributed by atoms with E-state index in [1.165, 1.54) is 0 Å². The lowest BCUT2D eigenvalue weighted by Gasteiger charge is -2.17. The lowest BCUT2D eigenvalue weighted by molar-refractivity contribution is 0.0996. The largest absolute Gasteiger partial charge is 0.488 e. The molecular formula is C14H17N3O2. The number of para-hydroxylation sites is 1. The molecule has 0 aliphatic carbocycles. The number of rotatable bonds is 4. The third-order valence-electron chi connectivity index (χ3n) is 2.96. The van der Waals surface area contributed by atoms with Gasteiger partial charge in [-0.25, -0.2) is 0 Å². The number of benzene rings is 1. The van der Waals surface area contributed by atoms with Crippen molar-refractivity contribution in [2.45, 2.75) is 12.8 Å². The molecule has 0 spiro atoms. The Morgan fingerprint density at radius 1 is 1.42 bits per heavy atom. The smallest absolute Gasteiger partial charge is 0.252 e. The van der Waals surface area contributed by atoms with E-state index in [0.29, 0.717) is 17.9 Å². The molecule has 1 heterocycles. The van der Waals surface area contributed by atoms with Gasteiger partial charge in [0.2, 0.25) is 0 Å². The minimum Gasteiger partial charge on any atom is -0.488 e. The van der Waals surface area contributed by atoms with Gasteiger partial charge >= 0.3 is 0 Å². The highest BCUT2D eigenvalue weighted by Gasteiger charge is 2.11. The van der Waals surface area contributed by atoms with Crippen molar-refractivity contribution in [1.29, 1.82) is 0 Å². The normalized spacial score (nSPS) is 16.7. The van der Waals surface area contributed by atoms with Crippen molar-refractivity contribution in [1.82, 2.24) is 5.32 Å². The standard InChI is InChI=1S/C14H17N3O2/c1-16-13-7-6-10(8-17-13)9-19-12-5-3-2-4-11(12)14(15)18/h2-5,8H,6-7,9H2,1H3,(H2,15,18)(H,16,17). The third-order valence-corrected chi connectivity index (χ3v) is 2.96. The number of carbonyl (C=O) groups is 1. The number of nitrogens with zero attached hydrogens (tertiary/aromatic N) is 1. The maximum atomic E-state index is 11.3. The molecule has 2 rings (SSSR count). The van der Waals surface area contributed by atoms with Crippen molar-refractivity contribution in [2.75, 3.05) is 13.7 Å². The first-order chi connectivity index (χ1) is 9.20. The van der Waals surface area contributed by atoms with Gasteiger partial charge in [-0.15, -0.1) is 0 Å². The number of primary amides is 1. The number of nitrogens with one attached hydrogen (secondary N) is 1. The van der Waals surface area contributed by atoms with Gasteiger partial charge in [-0.3, -0.25) is 9.79 Å². The van der Waals surface area contributed by atoms with Gasteiger partial charge in [-0.05, 0) is 24.1 Å². The second kappa shape index (κ2) is 6.04. The summed E-state index contributed by atoms with van der Waals surface area (Å²) in [5, 5.41) is 3.11. The van der Waals surface area contributed by atoms with Crippen LogP contribution in [0.25, 0.3) is 0 Å². The summed E-state index contributed by atoms with van der Waals surface area (Å²) < 4.78 is 5.66. The summed E-state index contributed by atoms with van der Waals surface area (Å²) in [5.74, 6) is 1.01. The van der Waals surface area contributed by atoms with Crippen LogP contribution in [-0.2, 0) is 0 Å². The molecule has 1 amide bonds. The van der Waals surface area contributed by atoms with E-state index in [0.717, 1.165) is 24.3 Å².